The molecule has 1 aromatic rings. The first-order valence-corrected chi connectivity index (χ1v) is 7.71. The van der Waals surface area contributed by atoms with Crippen LogP contribution in [0.4, 0.5) is 0 Å². The zero-order chi connectivity index (χ0) is 12.8. The van der Waals surface area contributed by atoms with Gasteiger partial charge >= 0.3 is 5.97 Å². The average Bonchev–Trinajstić information content (AvgIpc) is 2.22. The standard InChI is InChI=1S/C9H9I3N2O3/c10-5-3-6(11)9(7(12)4-5)16-2-1-8(15)17-14-13/h3-4,14H,1-2,13H2. The summed E-state index contributed by atoms with van der Waals surface area (Å²) in [5.41, 5.74) is 1.84. The summed E-state index contributed by atoms with van der Waals surface area (Å²) >= 11 is 6.65. The number of hydrogen-bond acceptors (Lipinski definition) is 5. The van der Waals surface area contributed by atoms with E-state index in [2.05, 4.69) is 72.6 Å². The summed E-state index contributed by atoms with van der Waals surface area (Å²) in [6.45, 7) is 0.257. The Morgan fingerprint density at radius 2 is 1.88 bits per heavy atom. The van der Waals surface area contributed by atoms with Gasteiger partial charge in [-0.1, -0.05) is 5.59 Å². The molecular formula is C9H9I3N2O3. The first-order valence-electron chi connectivity index (χ1n) is 4.47. The van der Waals surface area contributed by atoms with Crippen LogP contribution in [0.15, 0.2) is 12.1 Å². The van der Waals surface area contributed by atoms with Crippen LogP contribution >= 0.6 is 67.8 Å². The van der Waals surface area contributed by atoms with Gasteiger partial charge in [-0.3, -0.25) is 4.79 Å². The van der Waals surface area contributed by atoms with Crippen LogP contribution in [-0.4, -0.2) is 12.6 Å². The first kappa shape index (κ1) is 15.7. The van der Waals surface area contributed by atoms with Gasteiger partial charge in [-0.05, 0) is 79.9 Å². The fourth-order valence-electron chi connectivity index (χ4n) is 1.02. The highest BCUT2D eigenvalue weighted by Gasteiger charge is 2.09. The molecule has 0 aliphatic rings. The van der Waals surface area contributed by atoms with Gasteiger partial charge in [-0.2, -0.15) is 0 Å². The van der Waals surface area contributed by atoms with Crippen LogP contribution in [0.5, 0.6) is 5.75 Å². The lowest BCUT2D eigenvalue weighted by Crippen LogP contribution is -2.27. The molecule has 0 bridgehead atoms. The maximum atomic E-state index is 11.0. The molecule has 0 heterocycles. The molecule has 17 heavy (non-hydrogen) atoms. The van der Waals surface area contributed by atoms with Crippen molar-refractivity contribution in [2.45, 2.75) is 6.42 Å². The molecule has 0 spiro atoms. The van der Waals surface area contributed by atoms with Crippen LogP contribution in [0.1, 0.15) is 6.42 Å². The van der Waals surface area contributed by atoms with Gasteiger partial charge in [0, 0.05) is 3.57 Å². The highest BCUT2D eigenvalue weighted by Crippen LogP contribution is 2.29. The second-order valence-electron chi connectivity index (χ2n) is 2.89. The van der Waals surface area contributed by atoms with E-state index in [0.717, 1.165) is 16.5 Å². The third-order valence-electron chi connectivity index (χ3n) is 1.69. The van der Waals surface area contributed by atoms with Crippen LogP contribution in [0.25, 0.3) is 0 Å². The minimum atomic E-state index is -0.456. The Bertz CT molecular complexity index is 391. The minimum Gasteiger partial charge on any atom is -0.491 e. The van der Waals surface area contributed by atoms with Crippen LogP contribution < -0.4 is 16.2 Å². The van der Waals surface area contributed by atoms with Gasteiger partial charge in [0.1, 0.15) is 5.75 Å². The smallest absolute Gasteiger partial charge is 0.329 e. The lowest BCUT2D eigenvalue weighted by molar-refractivity contribution is -0.151. The van der Waals surface area contributed by atoms with Crippen molar-refractivity contribution in [1.82, 2.24) is 5.59 Å². The highest BCUT2D eigenvalue weighted by molar-refractivity contribution is 14.1. The molecule has 5 nitrogen and oxygen atoms in total. The van der Waals surface area contributed by atoms with Crippen molar-refractivity contribution < 1.29 is 14.4 Å². The van der Waals surface area contributed by atoms with Gasteiger partial charge in [-0.25, -0.2) is 5.84 Å². The van der Waals surface area contributed by atoms with Gasteiger partial charge in [-0.15, -0.1) is 0 Å². The lowest BCUT2D eigenvalue weighted by Gasteiger charge is -2.10. The van der Waals surface area contributed by atoms with E-state index in [9.17, 15) is 4.79 Å². The summed E-state index contributed by atoms with van der Waals surface area (Å²) < 4.78 is 8.74. The molecule has 8 heteroatoms. The molecule has 0 saturated carbocycles. The fourth-order valence-corrected chi connectivity index (χ4v) is 4.91. The minimum absolute atomic E-state index is 0.141. The molecule has 1 rings (SSSR count). The molecule has 0 amide bonds. The Labute approximate surface area is 140 Å². The monoisotopic (exact) mass is 574 g/mol. The number of nitrogens with two attached hydrogens (primary N) is 1. The van der Waals surface area contributed by atoms with E-state index < -0.39 is 5.97 Å². The number of hydrazine groups is 1. The molecule has 0 atom stereocenters. The number of ether oxygens (including phenoxy) is 1. The van der Waals surface area contributed by atoms with E-state index >= 15 is 0 Å². The summed E-state index contributed by atoms with van der Waals surface area (Å²) in [7, 11) is 0. The van der Waals surface area contributed by atoms with Crippen molar-refractivity contribution in [2.24, 2.45) is 5.84 Å². The number of halogens is 3. The second kappa shape index (κ2) is 7.91. The van der Waals surface area contributed by atoms with Crippen molar-refractivity contribution in [3.05, 3.63) is 22.8 Å². The van der Waals surface area contributed by atoms with Gasteiger partial charge in [0.05, 0.1) is 20.2 Å². The summed E-state index contributed by atoms with van der Waals surface area (Å²) in [4.78, 5) is 15.4. The maximum Gasteiger partial charge on any atom is 0.329 e. The van der Waals surface area contributed by atoms with E-state index in [1.807, 2.05) is 17.7 Å². The Balaban J connectivity index is 2.55. The summed E-state index contributed by atoms with van der Waals surface area (Å²) in [5.74, 6) is 5.18. The van der Waals surface area contributed by atoms with Crippen molar-refractivity contribution in [2.75, 3.05) is 6.61 Å². The molecule has 1 aromatic carbocycles. The highest BCUT2D eigenvalue weighted by atomic mass is 127. The molecule has 0 unspecified atom stereocenters. The summed E-state index contributed by atoms with van der Waals surface area (Å²) in [5, 5.41) is 0. The zero-order valence-corrected chi connectivity index (χ0v) is 15.0. The molecule has 0 radical (unpaired) electrons. The molecular weight excluding hydrogens is 565 g/mol. The molecule has 0 aromatic heterocycles. The largest absolute Gasteiger partial charge is 0.491 e. The summed E-state index contributed by atoms with van der Waals surface area (Å²) in [6, 6.07) is 4.02. The van der Waals surface area contributed by atoms with Crippen molar-refractivity contribution >= 4 is 73.7 Å². The second-order valence-corrected chi connectivity index (χ2v) is 6.46. The van der Waals surface area contributed by atoms with Gasteiger partial charge in [0.2, 0.25) is 0 Å². The molecule has 0 fully saturated rings. The molecule has 0 aliphatic heterocycles. The van der Waals surface area contributed by atoms with E-state index in [-0.39, 0.29) is 13.0 Å². The predicted octanol–water partition coefficient (Wildman–Crippen LogP) is 2.19. The Kier molecular flexibility index (Phi) is 7.28. The lowest BCUT2D eigenvalue weighted by atomic mass is 10.3. The van der Waals surface area contributed by atoms with E-state index in [1.165, 1.54) is 0 Å². The Morgan fingerprint density at radius 1 is 1.29 bits per heavy atom. The van der Waals surface area contributed by atoms with E-state index in [0.29, 0.717) is 0 Å². The molecule has 0 aliphatic carbocycles. The predicted molar refractivity (Wildman–Crippen MR) is 88.1 cm³/mol. The Morgan fingerprint density at radius 3 is 2.41 bits per heavy atom. The van der Waals surface area contributed by atoms with E-state index in [4.69, 9.17) is 10.6 Å². The van der Waals surface area contributed by atoms with Crippen molar-refractivity contribution in [1.29, 1.82) is 0 Å². The van der Waals surface area contributed by atoms with E-state index in [1.54, 1.807) is 0 Å². The van der Waals surface area contributed by atoms with Gasteiger partial charge < -0.3 is 9.57 Å². The number of carbonyl (C=O) groups excluding carboxylic acids is 1. The normalized spacial score (nSPS) is 10.1. The fraction of sp³-hybridized carbons (Fsp3) is 0.222. The third-order valence-corrected chi connectivity index (χ3v) is 3.91. The average molecular weight is 574 g/mol. The van der Waals surface area contributed by atoms with Crippen LogP contribution in [0, 0.1) is 10.7 Å². The quantitative estimate of drug-likeness (QED) is 0.321. The van der Waals surface area contributed by atoms with Crippen LogP contribution in [-0.2, 0) is 9.63 Å². The number of carbonyl (C=O) groups is 1. The molecule has 3 N–H and O–H groups in total. The van der Waals surface area contributed by atoms with Gasteiger partial charge in [0.15, 0.2) is 0 Å². The maximum absolute atomic E-state index is 11.0. The number of rotatable bonds is 5. The third kappa shape index (κ3) is 5.40. The number of benzene rings is 1. The van der Waals surface area contributed by atoms with Crippen LogP contribution in [0.3, 0.4) is 0 Å². The van der Waals surface area contributed by atoms with Crippen molar-refractivity contribution in [3.63, 3.8) is 0 Å². The number of nitrogens with one attached hydrogen (secondary N) is 1. The first-order chi connectivity index (χ1) is 8.04. The zero-order valence-electron chi connectivity index (χ0n) is 8.50. The Hall–Kier alpha value is 0.600. The SMILES string of the molecule is NNOC(=O)CCOc1c(I)cc(I)cc1I. The molecule has 94 valence electrons. The topological polar surface area (TPSA) is 73.6 Å². The van der Waals surface area contributed by atoms with Crippen molar-refractivity contribution in [3.8, 4) is 5.75 Å². The number of hydrogen-bond donors (Lipinski definition) is 2. The molecule has 0 saturated heterocycles. The van der Waals surface area contributed by atoms with Crippen LogP contribution in [0.2, 0.25) is 0 Å². The van der Waals surface area contributed by atoms with Gasteiger partial charge in [0.25, 0.3) is 0 Å². The summed E-state index contributed by atoms with van der Waals surface area (Å²) in [6.07, 6.45) is 0.141.